The van der Waals surface area contributed by atoms with Crippen molar-refractivity contribution >= 4 is 11.5 Å². The van der Waals surface area contributed by atoms with E-state index in [0.29, 0.717) is 12.2 Å². The Kier molecular flexibility index (Phi) is 2.52. The molecule has 0 radical (unpaired) electrons. The highest BCUT2D eigenvalue weighted by Gasteiger charge is 2.29. The van der Waals surface area contributed by atoms with Crippen molar-refractivity contribution in [3.63, 3.8) is 0 Å². The Balaban J connectivity index is 2.21. The number of aromatic nitrogens is 1. The lowest BCUT2D eigenvalue weighted by Crippen LogP contribution is -2.46. The largest absolute Gasteiger partial charge is 0.396 e. The zero-order valence-corrected chi connectivity index (χ0v) is 8.98. The molecule has 15 heavy (non-hydrogen) atoms. The Labute approximate surface area is 89.7 Å². The van der Waals surface area contributed by atoms with Gasteiger partial charge in [0.25, 0.3) is 0 Å². The van der Waals surface area contributed by atoms with Gasteiger partial charge in [-0.25, -0.2) is 4.98 Å². The van der Waals surface area contributed by atoms with Crippen LogP contribution in [0.25, 0.3) is 0 Å². The maximum Gasteiger partial charge on any atom is 0.151 e. The molecule has 4 heteroatoms. The second kappa shape index (κ2) is 3.70. The highest BCUT2D eigenvalue weighted by Crippen LogP contribution is 2.27. The molecule has 3 N–H and O–H groups in total. The molecule has 2 heterocycles. The lowest BCUT2D eigenvalue weighted by Gasteiger charge is -2.37. The Morgan fingerprint density at radius 2 is 2.40 bits per heavy atom. The molecule has 0 aromatic carbocycles. The van der Waals surface area contributed by atoms with E-state index in [1.54, 1.807) is 6.20 Å². The number of hydrogen-bond donors (Lipinski definition) is 2. The minimum absolute atomic E-state index is 0.605. The number of nitrogens with zero attached hydrogens (tertiary/aromatic N) is 2. The van der Waals surface area contributed by atoms with Crippen LogP contribution in [-0.2, 0) is 0 Å². The number of nitrogen functional groups attached to an aromatic ring is 1. The first kappa shape index (κ1) is 10.2. The van der Waals surface area contributed by atoms with Crippen LogP contribution >= 0.6 is 0 Å². The molecule has 1 aliphatic rings. The number of β-amino-alcohol motifs (C(OH)–C–C–N with tert-alkyl or cyclic N) is 1. The van der Waals surface area contributed by atoms with Gasteiger partial charge in [-0.2, -0.15) is 0 Å². The van der Waals surface area contributed by atoms with Crippen LogP contribution in [-0.4, -0.2) is 28.8 Å². The molecule has 82 valence electrons. The van der Waals surface area contributed by atoms with Crippen LogP contribution < -0.4 is 10.6 Å². The standard InChI is InChI=1S/C11H17N3O/c1-11(15)5-3-7-14(8-11)10-9(12)4-2-6-13-10/h2,4,6,15H,3,5,7-8,12H2,1H3. The maximum atomic E-state index is 9.99. The number of aliphatic hydroxyl groups is 1. The number of hydrogen-bond acceptors (Lipinski definition) is 4. The summed E-state index contributed by atoms with van der Waals surface area (Å²) in [4.78, 5) is 6.31. The van der Waals surface area contributed by atoms with Crippen LogP contribution in [0, 0.1) is 0 Å². The molecule has 1 atom stereocenters. The number of nitrogens with two attached hydrogens (primary N) is 1. The van der Waals surface area contributed by atoms with Gasteiger partial charge in [-0.1, -0.05) is 0 Å². The fourth-order valence-electron chi connectivity index (χ4n) is 2.07. The fourth-order valence-corrected chi connectivity index (χ4v) is 2.07. The molecule has 0 saturated carbocycles. The minimum Gasteiger partial charge on any atom is -0.396 e. The van der Waals surface area contributed by atoms with E-state index in [2.05, 4.69) is 9.88 Å². The Morgan fingerprint density at radius 1 is 1.60 bits per heavy atom. The molecule has 0 amide bonds. The third-order valence-corrected chi connectivity index (χ3v) is 2.79. The zero-order valence-electron chi connectivity index (χ0n) is 8.98. The molecule has 2 rings (SSSR count). The third-order valence-electron chi connectivity index (χ3n) is 2.79. The summed E-state index contributed by atoms with van der Waals surface area (Å²) >= 11 is 0. The van der Waals surface area contributed by atoms with E-state index in [4.69, 9.17) is 5.73 Å². The SMILES string of the molecule is CC1(O)CCCN(c2ncccc2N)C1. The lowest BCUT2D eigenvalue weighted by molar-refractivity contribution is 0.0447. The van der Waals surface area contributed by atoms with Gasteiger partial charge in [0.1, 0.15) is 0 Å². The summed E-state index contributed by atoms with van der Waals surface area (Å²) in [6.07, 6.45) is 3.55. The molecule has 4 nitrogen and oxygen atoms in total. The van der Waals surface area contributed by atoms with Gasteiger partial charge in [0, 0.05) is 19.3 Å². The van der Waals surface area contributed by atoms with Crippen molar-refractivity contribution in [3.8, 4) is 0 Å². The van der Waals surface area contributed by atoms with Gasteiger partial charge in [0.2, 0.25) is 0 Å². The molecule has 0 bridgehead atoms. The van der Waals surface area contributed by atoms with Crippen molar-refractivity contribution in [1.29, 1.82) is 0 Å². The van der Waals surface area contributed by atoms with Crippen LogP contribution in [0.4, 0.5) is 11.5 Å². The number of piperidine rings is 1. The monoisotopic (exact) mass is 207 g/mol. The van der Waals surface area contributed by atoms with Crippen LogP contribution in [0.2, 0.25) is 0 Å². The van der Waals surface area contributed by atoms with E-state index in [0.717, 1.165) is 25.2 Å². The van der Waals surface area contributed by atoms with Crippen LogP contribution in [0.15, 0.2) is 18.3 Å². The molecule has 1 unspecified atom stereocenters. The Bertz CT molecular complexity index is 351. The molecule has 1 aromatic rings. The fraction of sp³-hybridized carbons (Fsp3) is 0.545. The van der Waals surface area contributed by atoms with Gasteiger partial charge in [-0.15, -0.1) is 0 Å². The average Bonchev–Trinajstić information content (AvgIpc) is 2.17. The van der Waals surface area contributed by atoms with Crippen molar-refractivity contribution < 1.29 is 5.11 Å². The van der Waals surface area contributed by atoms with Crippen LogP contribution in [0.5, 0.6) is 0 Å². The van der Waals surface area contributed by atoms with Gasteiger partial charge < -0.3 is 15.7 Å². The van der Waals surface area contributed by atoms with Crippen molar-refractivity contribution in [2.24, 2.45) is 0 Å². The lowest BCUT2D eigenvalue weighted by atomic mass is 9.95. The Morgan fingerprint density at radius 3 is 3.07 bits per heavy atom. The highest BCUT2D eigenvalue weighted by atomic mass is 16.3. The number of pyridine rings is 1. The van der Waals surface area contributed by atoms with Gasteiger partial charge in [-0.3, -0.25) is 0 Å². The van der Waals surface area contributed by atoms with Crippen molar-refractivity contribution in [3.05, 3.63) is 18.3 Å². The van der Waals surface area contributed by atoms with Crippen molar-refractivity contribution in [2.45, 2.75) is 25.4 Å². The molecule has 0 aliphatic carbocycles. The molecule has 1 aliphatic heterocycles. The summed E-state index contributed by atoms with van der Waals surface area (Å²) in [5.41, 5.74) is 5.91. The van der Waals surface area contributed by atoms with E-state index in [-0.39, 0.29) is 0 Å². The molecule has 0 spiro atoms. The summed E-state index contributed by atoms with van der Waals surface area (Å²) in [7, 11) is 0. The summed E-state index contributed by atoms with van der Waals surface area (Å²) in [5, 5.41) is 9.99. The molecule has 1 saturated heterocycles. The summed E-state index contributed by atoms with van der Waals surface area (Å²) in [5.74, 6) is 0.789. The van der Waals surface area contributed by atoms with E-state index >= 15 is 0 Å². The highest BCUT2D eigenvalue weighted by molar-refractivity contribution is 5.62. The summed E-state index contributed by atoms with van der Waals surface area (Å²) in [6, 6.07) is 3.66. The van der Waals surface area contributed by atoms with Gasteiger partial charge >= 0.3 is 0 Å². The first-order valence-corrected chi connectivity index (χ1v) is 5.26. The average molecular weight is 207 g/mol. The number of anilines is 2. The van der Waals surface area contributed by atoms with Gasteiger partial charge in [-0.05, 0) is 31.9 Å². The molecule has 1 aromatic heterocycles. The minimum atomic E-state index is -0.623. The first-order chi connectivity index (χ1) is 7.08. The first-order valence-electron chi connectivity index (χ1n) is 5.26. The summed E-state index contributed by atoms with van der Waals surface area (Å²) < 4.78 is 0. The van der Waals surface area contributed by atoms with Crippen molar-refractivity contribution in [1.82, 2.24) is 4.98 Å². The van der Waals surface area contributed by atoms with Crippen LogP contribution in [0.3, 0.4) is 0 Å². The molecular formula is C11H17N3O. The maximum absolute atomic E-state index is 9.99. The van der Waals surface area contributed by atoms with Crippen molar-refractivity contribution in [2.75, 3.05) is 23.7 Å². The van der Waals surface area contributed by atoms with Crippen LogP contribution in [0.1, 0.15) is 19.8 Å². The molecular weight excluding hydrogens is 190 g/mol. The second-order valence-electron chi connectivity index (χ2n) is 4.44. The normalized spacial score (nSPS) is 26.7. The Hall–Kier alpha value is -1.29. The van der Waals surface area contributed by atoms with E-state index in [1.165, 1.54) is 0 Å². The predicted octanol–water partition coefficient (Wildman–Crippen LogP) is 1.02. The third kappa shape index (κ3) is 2.21. The number of rotatable bonds is 1. The predicted molar refractivity (Wildman–Crippen MR) is 60.7 cm³/mol. The second-order valence-corrected chi connectivity index (χ2v) is 4.44. The zero-order chi connectivity index (χ0) is 10.9. The van der Waals surface area contributed by atoms with Gasteiger partial charge in [0.05, 0.1) is 11.3 Å². The van der Waals surface area contributed by atoms with Gasteiger partial charge in [0.15, 0.2) is 5.82 Å². The molecule has 1 fully saturated rings. The van der Waals surface area contributed by atoms with E-state index in [1.807, 2.05) is 19.1 Å². The van der Waals surface area contributed by atoms with E-state index in [9.17, 15) is 5.11 Å². The quantitative estimate of drug-likeness (QED) is 0.721. The van der Waals surface area contributed by atoms with E-state index < -0.39 is 5.60 Å². The summed E-state index contributed by atoms with van der Waals surface area (Å²) in [6.45, 7) is 3.38. The topological polar surface area (TPSA) is 62.4 Å². The smallest absolute Gasteiger partial charge is 0.151 e.